The van der Waals surface area contributed by atoms with Gasteiger partial charge in [-0.25, -0.2) is 0 Å². The average Bonchev–Trinajstić information content (AvgIpc) is 2.72. The van der Waals surface area contributed by atoms with Crippen LogP contribution in [-0.2, 0) is 27.3 Å². The summed E-state index contributed by atoms with van der Waals surface area (Å²) in [7, 11) is 9.87. The van der Waals surface area contributed by atoms with Gasteiger partial charge in [-0.05, 0) is 29.5 Å². The summed E-state index contributed by atoms with van der Waals surface area (Å²) in [5.41, 5.74) is 5.77. The van der Waals surface area contributed by atoms with Crippen molar-refractivity contribution >= 4 is 23.1 Å². The topological polar surface area (TPSA) is 0 Å². The molecule has 1 radical (unpaired) electrons. The molecule has 1 aliphatic carbocycles. The van der Waals surface area contributed by atoms with Gasteiger partial charge in [0.2, 0.25) is 0 Å². The SMILES string of the molecule is CCC1=Cc2c(cccc2CC)[CH]1.[Cl][Zr][Cl]. The van der Waals surface area contributed by atoms with Crippen molar-refractivity contribution < 1.29 is 20.8 Å². The molecule has 0 fully saturated rings. The third-order valence-corrected chi connectivity index (χ3v) is 2.69. The minimum absolute atomic E-state index is 0.826. The Morgan fingerprint density at radius 3 is 2.38 bits per heavy atom. The van der Waals surface area contributed by atoms with Gasteiger partial charge in [0.25, 0.3) is 0 Å². The molecule has 0 saturated heterocycles. The van der Waals surface area contributed by atoms with Gasteiger partial charge in [0, 0.05) is 6.42 Å². The predicted molar refractivity (Wildman–Crippen MR) is 69.2 cm³/mol. The molecule has 1 aromatic carbocycles. The van der Waals surface area contributed by atoms with Crippen LogP contribution in [0.4, 0.5) is 0 Å². The summed E-state index contributed by atoms with van der Waals surface area (Å²) in [5, 5.41) is 0. The van der Waals surface area contributed by atoms with Gasteiger partial charge in [0.15, 0.2) is 0 Å². The fourth-order valence-electron chi connectivity index (χ4n) is 1.87. The average molecular weight is 333 g/mol. The Morgan fingerprint density at radius 2 is 1.81 bits per heavy atom. The van der Waals surface area contributed by atoms with Crippen LogP contribution < -0.4 is 0 Å². The maximum absolute atomic E-state index is 4.93. The molecule has 16 heavy (non-hydrogen) atoms. The van der Waals surface area contributed by atoms with E-state index in [1.807, 2.05) is 0 Å². The molecule has 0 saturated carbocycles. The standard InChI is InChI=1S/C13H15.2ClH.Zr/c1-3-10-8-12-7-5-6-11(4-2)13(12)9-10;;;/h5-9H,3-4H2,1-2H3;2*1H;/q;;;+2/p-2. The number of rotatable bonds is 2. The van der Waals surface area contributed by atoms with E-state index in [9.17, 15) is 0 Å². The quantitative estimate of drug-likeness (QED) is 0.716. The number of halogens is 2. The normalized spacial score (nSPS) is 12.4. The van der Waals surface area contributed by atoms with Gasteiger partial charge in [0.05, 0.1) is 0 Å². The van der Waals surface area contributed by atoms with E-state index in [1.54, 1.807) is 0 Å². The van der Waals surface area contributed by atoms with Crippen LogP contribution in [-0.4, -0.2) is 0 Å². The maximum atomic E-state index is 4.93. The molecule has 0 heterocycles. The van der Waals surface area contributed by atoms with Crippen LogP contribution in [0.3, 0.4) is 0 Å². The molecule has 0 bridgehead atoms. The minimum atomic E-state index is -0.826. The van der Waals surface area contributed by atoms with Crippen molar-refractivity contribution in [3.05, 3.63) is 46.9 Å². The first-order chi connectivity index (χ1) is 7.76. The van der Waals surface area contributed by atoms with Crippen LogP contribution in [0.1, 0.15) is 37.0 Å². The van der Waals surface area contributed by atoms with Gasteiger partial charge in [-0.15, -0.1) is 0 Å². The number of allylic oxidation sites excluding steroid dienone is 1. The second kappa shape index (κ2) is 7.69. The molecule has 0 aliphatic heterocycles. The van der Waals surface area contributed by atoms with Gasteiger partial charge < -0.3 is 0 Å². The Bertz CT molecular complexity index is 372. The third kappa shape index (κ3) is 3.72. The second-order valence-electron chi connectivity index (χ2n) is 3.56. The number of hydrogen-bond donors (Lipinski definition) is 0. The van der Waals surface area contributed by atoms with Crippen molar-refractivity contribution in [2.24, 2.45) is 0 Å². The van der Waals surface area contributed by atoms with Crippen molar-refractivity contribution in [2.75, 3.05) is 0 Å². The number of aryl methyl sites for hydroxylation is 1. The van der Waals surface area contributed by atoms with Crippen LogP contribution in [0.5, 0.6) is 0 Å². The molecule has 0 atom stereocenters. The van der Waals surface area contributed by atoms with Crippen molar-refractivity contribution in [2.45, 2.75) is 26.7 Å². The van der Waals surface area contributed by atoms with Crippen molar-refractivity contribution in [3.63, 3.8) is 0 Å². The predicted octanol–water partition coefficient (Wildman–Crippen LogP) is 4.98. The summed E-state index contributed by atoms with van der Waals surface area (Å²) < 4.78 is 0. The van der Waals surface area contributed by atoms with E-state index in [0.29, 0.717) is 0 Å². The number of benzene rings is 1. The van der Waals surface area contributed by atoms with Crippen LogP contribution in [0, 0.1) is 6.42 Å². The van der Waals surface area contributed by atoms with Crippen LogP contribution in [0.25, 0.3) is 6.08 Å². The molecule has 1 aromatic rings. The van der Waals surface area contributed by atoms with Crippen LogP contribution in [0.15, 0.2) is 23.8 Å². The number of fused-ring (bicyclic) bond motifs is 1. The Balaban J connectivity index is 0.000000386. The summed E-state index contributed by atoms with van der Waals surface area (Å²) in [4.78, 5) is 0. The van der Waals surface area contributed by atoms with Gasteiger partial charge in [-0.3, -0.25) is 0 Å². The fraction of sp³-hybridized carbons (Fsp3) is 0.308. The molecule has 0 spiro atoms. The van der Waals surface area contributed by atoms with E-state index in [0.717, 1.165) is 12.8 Å². The molecule has 1 aliphatic rings. The first kappa shape index (κ1) is 14.5. The van der Waals surface area contributed by atoms with E-state index in [-0.39, 0.29) is 0 Å². The molecule has 0 nitrogen and oxygen atoms in total. The zero-order chi connectivity index (χ0) is 12.0. The summed E-state index contributed by atoms with van der Waals surface area (Å²) in [6.45, 7) is 4.42. The Kier molecular flexibility index (Phi) is 6.96. The van der Waals surface area contributed by atoms with Crippen LogP contribution >= 0.6 is 17.0 Å². The first-order valence-electron chi connectivity index (χ1n) is 5.40. The molecular weight excluding hydrogens is 318 g/mol. The van der Waals surface area contributed by atoms with Crippen molar-refractivity contribution in [1.29, 1.82) is 0 Å². The molecular formula is C13H15Cl2Zr. The van der Waals surface area contributed by atoms with Gasteiger partial charge in [-0.1, -0.05) is 43.7 Å². The molecule has 0 aromatic heterocycles. The summed E-state index contributed by atoms with van der Waals surface area (Å²) in [5.74, 6) is 0. The van der Waals surface area contributed by atoms with Crippen molar-refractivity contribution in [3.8, 4) is 0 Å². The van der Waals surface area contributed by atoms with Gasteiger partial charge >= 0.3 is 37.9 Å². The van der Waals surface area contributed by atoms with E-state index in [4.69, 9.17) is 17.0 Å². The Morgan fingerprint density at radius 1 is 1.12 bits per heavy atom. The molecule has 0 unspecified atom stereocenters. The zero-order valence-electron chi connectivity index (χ0n) is 9.56. The summed E-state index contributed by atoms with van der Waals surface area (Å²) >= 11 is -0.826. The Hall–Kier alpha value is 0.423. The molecule has 0 N–H and O–H groups in total. The first-order valence-corrected chi connectivity index (χ1v) is 11.7. The second-order valence-corrected chi connectivity index (χ2v) is 7.29. The molecule has 2 rings (SSSR count). The van der Waals surface area contributed by atoms with E-state index in [2.05, 4.69) is 44.5 Å². The summed E-state index contributed by atoms with van der Waals surface area (Å²) in [6.07, 6.45) is 6.89. The molecule has 0 amide bonds. The molecule has 3 heteroatoms. The van der Waals surface area contributed by atoms with Gasteiger partial charge in [-0.2, -0.15) is 0 Å². The fourth-order valence-corrected chi connectivity index (χ4v) is 1.87. The number of hydrogen-bond acceptors (Lipinski definition) is 0. The van der Waals surface area contributed by atoms with E-state index < -0.39 is 20.8 Å². The third-order valence-electron chi connectivity index (χ3n) is 2.69. The monoisotopic (exact) mass is 331 g/mol. The van der Waals surface area contributed by atoms with E-state index in [1.165, 1.54) is 22.3 Å². The van der Waals surface area contributed by atoms with E-state index >= 15 is 0 Å². The zero-order valence-corrected chi connectivity index (χ0v) is 13.5. The molecule has 85 valence electrons. The summed E-state index contributed by atoms with van der Waals surface area (Å²) in [6, 6.07) is 6.58. The van der Waals surface area contributed by atoms with Crippen molar-refractivity contribution in [1.82, 2.24) is 0 Å². The Labute approximate surface area is 117 Å². The van der Waals surface area contributed by atoms with Gasteiger partial charge in [0.1, 0.15) is 0 Å². The van der Waals surface area contributed by atoms with Crippen LogP contribution in [0.2, 0.25) is 0 Å².